The largest absolute Gasteiger partial charge is 0.357 e. The molecule has 0 spiro atoms. The highest BCUT2D eigenvalue weighted by molar-refractivity contribution is 7.09. The summed E-state index contributed by atoms with van der Waals surface area (Å²) in [6.07, 6.45) is 5.21. The molecule has 162 valence electrons. The molecule has 7 nitrogen and oxygen atoms in total. The number of rotatable bonds is 6. The minimum atomic E-state index is -0.128. The Morgan fingerprint density at radius 2 is 1.87 bits per heavy atom. The Hall–Kier alpha value is -2.22. The number of carbonyl (C=O) groups excluding carboxylic acids is 2. The number of hydrogen-bond acceptors (Lipinski definition) is 5. The number of guanidine groups is 1. The third-order valence-electron chi connectivity index (χ3n) is 6.23. The van der Waals surface area contributed by atoms with Crippen LogP contribution in [0.25, 0.3) is 0 Å². The zero-order valence-electron chi connectivity index (χ0n) is 18.1. The van der Waals surface area contributed by atoms with E-state index in [9.17, 15) is 9.59 Å². The van der Waals surface area contributed by atoms with Gasteiger partial charge in [0.05, 0.1) is 24.1 Å². The van der Waals surface area contributed by atoms with Crippen molar-refractivity contribution in [1.82, 2.24) is 20.5 Å². The Labute approximate surface area is 182 Å². The molecule has 4 atom stereocenters. The fraction of sp³-hybridized carbons (Fsp3) is 0.636. The zero-order valence-corrected chi connectivity index (χ0v) is 19.0. The van der Waals surface area contributed by atoms with E-state index in [1.165, 1.54) is 4.90 Å². The molecule has 1 saturated carbocycles. The highest BCUT2D eigenvalue weighted by atomic mass is 32.1. The molecule has 2 N–H and O–H groups in total. The van der Waals surface area contributed by atoms with E-state index < -0.39 is 0 Å². The third kappa shape index (κ3) is 3.89. The molecular formula is C22H31N5O2S. The van der Waals surface area contributed by atoms with Gasteiger partial charge in [-0.25, -0.2) is 9.98 Å². The van der Waals surface area contributed by atoms with E-state index in [0.29, 0.717) is 25.6 Å². The number of carbonyl (C=O) groups is 2. The van der Waals surface area contributed by atoms with Crippen LogP contribution in [0.15, 0.2) is 22.5 Å². The molecule has 1 aromatic heterocycles. The Morgan fingerprint density at radius 3 is 2.43 bits per heavy atom. The molecule has 1 saturated heterocycles. The van der Waals surface area contributed by atoms with Crippen molar-refractivity contribution in [2.45, 2.75) is 46.1 Å². The first-order chi connectivity index (χ1) is 14.3. The van der Waals surface area contributed by atoms with Gasteiger partial charge >= 0.3 is 0 Å². The van der Waals surface area contributed by atoms with Crippen molar-refractivity contribution in [2.75, 3.05) is 19.6 Å². The van der Waals surface area contributed by atoms with Crippen molar-refractivity contribution in [3.05, 3.63) is 28.2 Å². The molecule has 8 heteroatoms. The molecule has 2 heterocycles. The molecule has 2 aliphatic carbocycles. The SMILES string of the molecule is CCNC(=NCc1nc(C(C)(C)C)cs1)NCCN1C(=O)C2C3C=CC(C3)C2C1=O. The van der Waals surface area contributed by atoms with E-state index in [0.717, 1.165) is 23.7 Å². The van der Waals surface area contributed by atoms with E-state index in [1.54, 1.807) is 11.3 Å². The summed E-state index contributed by atoms with van der Waals surface area (Å²) in [6.45, 7) is 10.5. The molecule has 1 aliphatic heterocycles. The molecule has 0 radical (unpaired) electrons. The molecule has 30 heavy (non-hydrogen) atoms. The number of fused-ring (bicyclic) bond motifs is 5. The van der Waals surface area contributed by atoms with Crippen molar-refractivity contribution in [1.29, 1.82) is 0 Å². The molecule has 2 bridgehead atoms. The van der Waals surface area contributed by atoms with Gasteiger partial charge in [0.15, 0.2) is 5.96 Å². The fourth-order valence-corrected chi connectivity index (χ4v) is 5.63. The summed E-state index contributed by atoms with van der Waals surface area (Å²) in [5.74, 6) is 0.930. The molecule has 0 aromatic carbocycles. The molecule has 4 rings (SSSR count). The summed E-state index contributed by atoms with van der Waals surface area (Å²) in [6, 6.07) is 0. The van der Waals surface area contributed by atoms with Crippen molar-refractivity contribution in [2.24, 2.45) is 28.7 Å². The molecule has 3 aliphatic rings. The number of aliphatic imine (C=N–C) groups is 1. The standard InChI is InChI=1S/C22H31N5O2S/c1-5-23-21(25-11-16-26-15(12-30-16)22(2,3)4)24-8-9-27-19(28)17-13-6-7-14(10-13)18(17)20(27)29/h6-7,12-14,17-18H,5,8-11H2,1-4H3,(H2,23,24,25). The predicted octanol–water partition coefficient (Wildman–Crippen LogP) is 2.30. The molecule has 2 fully saturated rings. The highest BCUT2D eigenvalue weighted by Gasteiger charge is 2.58. The summed E-state index contributed by atoms with van der Waals surface area (Å²) >= 11 is 1.62. The lowest BCUT2D eigenvalue weighted by molar-refractivity contribution is -0.140. The van der Waals surface area contributed by atoms with Crippen LogP contribution < -0.4 is 10.6 Å². The van der Waals surface area contributed by atoms with E-state index in [-0.39, 0.29) is 40.9 Å². The number of nitrogens with zero attached hydrogens (tertiary/aromatic N) is 3. The number of likely N-dealkylation sites (tertiary alicyclic amines) is 1. The lowest BCUT2D eigenvalue weighted by atomic mass is 9.85. The number of thiazole rings is 1. The Kier molecular flexibility index (Phi) is 5.70. The van der Waals surface area contributed by atoms with Gasteiger partial charge in [0, 0.05) is 30.4 Å². The summed E-state index contributed by atoms with van der Waals surface area (Å²) in [5.41, 5.74) is 1.11. The van der Waals surface area contributed by atoms with E-state index >= 15 is 0 Å². The predicted molar refractivity (Wildman–Crippen MR) is 118 cm³/mol. The van der Waals surface area contributed by atoms with E-state index in [1.807, 2.05) is 6.92 Å². The van der Waals surface area contributed by atoms with E-state index in [2.05, 4.69) is 58.9 Å². The van der Waals surface area contributed by atoms with Gasteiger partial charge in [0.25, 0.3) is 0 Å². The monoisotopic (exact) mass is 429 g/mol. The van der Waals surface area contributed by atoms with Crippen molar-refractivity contribution >= 4 is 29.1 Å². The second kappa shape index (κ2) is 8.13. The van der Waals surface area contributed by atoms with Crippen LogP contribution >= 0.6 is 11.3 Å². The lowest BCUT2D eigenvalue weighted by Crippen LogP contribution is -2.43. The maximum absolute atomic E-state index is 12.8. The van der Waals surface area contributed by atoms with Gasteiger partial charge in [-0.05, 0) is 25.2 Å². The van der Waals surface area contributed by atoms with Gasteiger partial charge in [-0.15, -0.1) is 11.3 Å². The molecular weight excluding hydrogens is 398 g/mol. The van der Waals surface area contributed by atoms with Crippen LogP contribution in [0.4, 0.5) is 0 Å². The van der Waals surface area contributed by atoms with Crippen LogP contribution in [0.5, 0.6) is 0 Å². The van der Waals surface area contributed by atoms with Crippen molar-refractivity contribution in [3.63, 3.8) is 0 Å². The Bertz CT molecular complexity index is 854. The van der Waals surface area contributed by atoms with Gasteiger partial charge in [-0.1, -0.05) is 32.9 Å². The average molecular weight is 430 g/mol. The summed E-state index contributed by atoms with van der Waals surface area (Å²) in [7, 11) is 0. The first-order valence-corrected chi connectivity index (χ1v) is 11.7. The summed E-state index contributed by atoms with van der Waals surface area (Å²) in [4.78, 5) is 36.3. The van der Waals surface area contributed by atoms with Gasteiger partial charge in [-0.2, -0.15) is 0 Å². The van der Waals surface area contributed by atoms with Gasteiger partial charge < -0.3 is 10.6 Å². The second-order valence-corrected chi connectivity index (χ2v) is 10.3. The maximum Gasteiger partial charge on any atom is 0.233 e. The second-order valence-electron chi connectivity index (χ2n) is 9.33. The number of amides is 2. The zero-order chi connectivity index (χ0) is 21.5. The van der Waals surface area contributed by atoms with Gasteiger partial charge in [0.2, 0.25) is 11.8 Å². The topological polar surface area (TPSA) is 86.7 Å². The van der Waals surface area contributed by atoms with Gasteiger partial charge in [0.1, 0.15) is 5.01 Å². The number of hydrogen-bond donors (Lipinski definition) is 2. The van der Waals surface area contributed by atoms with Crippen LogP contribution in [0, 0.1) is 23.7 Å². The molecule has 2 amide bonds. The first kappa shape index (κ1) is 21.0. The fourth-order valence-electron chi connectivity index (χ4n) is 4.69. The van der Waals surface area contributed by atoms with Crippen molar-refractivity contribution < 1.29 is 9.59 Å². The van der Waals surface area contributed by atoms with Gasteiger partial charge in [-0.3, -0.25) is 14.5 Å². The lowest BCUT2D eigenvalue weighted by Gasteiger charge is -2.18. The number of allylic oxidation sites excluding steroid dienone is 2. The minimum absolute atomic E-state index is 0.00286. The summed E-state index contributed by atoms with van der Waals surface area (Å²) < 4.78 is 0. The van der Waals surface area contributed by atoms with Crippen LogP contribution in [-0.2, 0) is 21.5 Å². The molecule has 1 aromatic rings. The number of imide groups is 1. The first-order valence-electron chi connectivity index (χ1n) is 10.8. The van der Waals surface area contributed by atoms with Crippen LogP contribution in [-0.4, -0.2) is 47.3 Å². The van der Waals surface area contributed by atoms with Crippen molar-refractivity contribution in [3.8, 4) is 0 Å². The average Bonchev–Trinajstić information content (AvgIpc) is 3.45. The smallest absolute Gasteiger partial charge is 0.233 e. The minimum Gasteiger partial charge on any atom is -0.357 e. The number of aromatic nitrogens is 1. The molecule has 4 unspecified atom stereocenters. The van der Waals surface area contributed by atoms with Crippen LogP contribution in [0.2, 0.25) is 0 Å². The quantitative estimate of drug-likeness (QED) is 0.314. The van der Waals surface area contributed by atoms with Crippen LogP contribution in [0.1, 0.15) is 44.8 Å². The Morgan fingerprint density at radius 1 is 1.20 bits per heavy atom. The highest BCUT2D eigenvalue weighted by Crippen LogP contribution is 2.52. The number of nitrogens with one attached hydrogen (secondary N) is 2. The normalized spacial score (nSPS) is 27.9. The maximum atomic E-state index is 12.8. The Balaban J connectivity index is 1.32. The van der Waals surface area contributed by atoms with E-state index in [4.69, 9.17) is 0 Å². The van der Waals surface area contributed by atoms with Crippen LogP contribution in [0.3, 0.4) is 0 Å². The summed E-state index contributed by atoms with van der Waals surface area (Å²) in [5, 5.41) is 9.53. The third-order valence-corrected chi connectivity index (χ3v) is 7.06.